The average Bonchev–Trinajstić information content (AvgIpc) is 2.59. The van der Waals surface area contributed by atoms with Gasteiger partial charge in [-0.05, 0) is 12.8 Å². The number of rotatable bonds is 2. The zero-order valence-electron chi connectivity index (χ0n) is 8.90. The number of nitrogens with zero attached hydrogens (tertiary/aromatic N) is 3. The summed E-state index contributed by atoms with van der Waals surface area (Å²) in [4.78, 5) is 0. The van der Waals surface area contributed by atoms with Crippen molar-refractivity contribution in [2.75, 3.05) is 0 Å². The first-order valence-corrected chi connectivity index (χ1v) is 5.40. The van der Waals surface area contributed by atoms with Crippen molar-refractivity contribution in [3.8, 4) is 0 Å². The molecule has 2 N–H and O–H groups in total. The molecule has 0 saturated heterocycles. The fourth-order valence-corrected chi connectivity index (χ4v) is 1.92. The van der Waals surface area contributed by atoms with Crippen LogP contribution in [0.3, 0.4) is 0 Å². The molecular weight excluding hydrogens is 176 g/mol. The summed E-state index contributed by atoms with van der Waals surface area (Å²) in [6, 6.07) is 0.279. The molecule has 2 atom stereocenters. The maximum absolute atomic E-state index is 5.94. The van der Waals surface area contributed by atoms with Gasteiger partial charge in [0.2, 0.25) is 0 Å². The third-order valence-electron chi connectivity index (χ3n) is 3.06. The lowest BCUT2D eigenvalue weighted by atomic mass is 10.1. The second-order valence-electron chi connectivity index (χ2n) is 4.19. The van der Waals surface area contributed by atoms with Crippen LogP contribution in [-0.2, 0) is 13.0 Å². The Balaban J connectivity index is 2.30. The Labute approximate surface area is 84.5 Å². The molecule has 2 unspecified atom stereocenters. The maximum atomic E-state index is 5.94. The van der Waals surface area contributed by atoms with Gasteiger partial charge in [0.1, 0.15) is 11.6 Å². The molecule has 2 heterocycles. The number of aryl methyl sites for hydroxylation is 1. The smallest absolute Gasteiger partial charge is 0.135 e. The minimum atomic E-state index is 0.279. The molecule has 0 bridgehead atoms. The molecule has 1 aliphatic heterocycles. The predicted octanol–water partition coefficient (Wildman–Crippen LogP) is 1.07. The lowest BCUT2D eigenvalue weighted by molar-refractivity contribution is 0.435. The molecule has 1 aromatic rings. The number of fused-ring (bicyclic) bond motifs is 1. The topological polar surface area (TPSA) is 56.7 Å². The van der Waals surface area contributed by atoms with Crippen molar-refractivity contribution in [2.24, 2.45) is 5.73 Å². The summed E-state index contributed by atoms with van der Waals surface area (Å²) >= 11 is 0. The van der Waals surface area contributed by atoms with E-state index in [-0.39, 0.29) is 6.04 Å². The SMILES string of the molecule is CCC(C)c1nnc2n1CC(N)CC2. The van der Waals surface area contributed by atoms with Crippen LogP contribution in [0, 0.1) is 0 Å². The van der Waals surface area contributed by atoms with Crippen LogP contribution in [0.5, 0.6) is 0 Å². The molecule has 0 spiro atoms. The summed E-state index contributed by atoms with van der Waals surface area (Å²) < 4.78 is 2.21. The molecule has 1 aromatic heterocycles. The molecule has 4 heteroatoms. The van der Waals surface area contributed by atoms with E-state index in [1.165, 1.54) is 0 Å². The van der Waals surface area contributed by atoms with E-state index in [9.17, 15) is 0 Å². The van der Waals surface area contributed by atoms with Gasteiger partial charge in [0.15, 0.2) is 0 Å². The minimum Gasteiger partial charge on any atom is -0.326 e. The van der Waals surface area contributed by atoms with Crippen LogP contribution in [0.15, 0.2) is 0 Å². The Morgan fingerprint density at radius 3 is 3.07 bits per heavy atom. The number of hydrogen-bond acceptors (Lipinski definition) is 3. The van der Waals surface area contributed by atoms with Crippen molar-refractivity contribution in [2.45, 2.75) is 51.6 Å². The van der Waals surface area contributed by atoms with Crippen molar-refractivity contribution in [1.82, 2.24) is 14.8 Å². The van der Waals surface area contributed by atoms with Crippen LogP contribution < -0.4 is 5.73 Å². The Morgan fingerprint density at radius 2 is 2.36 bits per heavy atom. The van der Waals surface area contributed by atoms with Gasteiger partial charge in [-0.25, -0.2) is 0 Å². The van der Waals surface area contributed by atoms with Crippen LogP contribution in [0.2, 0.25) is 0 Å². The van der Waals surface area contributed by atoms with Crippen LogP contribution in [0.25, 0.3) is 0 Å². The van der Waals surface area contributed by atoms with Crippen molar-refractivity contribution in [3.05, 3.63) is 11.6 Å². The highest BCUT2D eigenvalue weighted by atomic mass is 15.3. The standard InChI is InChI=1S/C10H18N4/c1-3-7(2)10-13-12-9-5-4-8(11)6-14(9)10/h7-8H,3-6,11H2,1-2H3. The number of nitrogens with two attached hydrogens (primary N) is 1. The molecular formula is C10H18N4. The quantitative estimate of drug-likeness (QED) is 0.766. The number of hydrogen-bond donors (Lipinski definition) is 1. The summed E-state index contributed by atoms with van der Waals surface area (Å²) in [6.07, 6.45) is 3.12. The molecule has 0 aliphatic carbocycles. The van der Waals surface area contributed by atoms with Crippen molar-refractivity contribution in [3.63, 3.8) is 0 Å². The summed E-state index contributed by atoms with van der Waals surface area (Å²) in [6.45, 7) is 5.26. The highest BCUT2D eigenvalue weighted by molar-refractivity contribution is 5.04. The van der Waals surface area contributed by atoms with Crippen LogP contribution >= 0.6 is 0 Å². The largest absolute Gasteiger partial charge is 0.326 e. The molecule has 0 radical (unpaired) electrons. The Bertz CT molecular complexity index is 318. The Morgan fingerprint density at radius 1 is 1.57 bits per heavy atom. The van der Waals surface area contributed by atoms with Gasteiger partial charge in [0.05, 0.1) is 0 Å². The molecule has 0 amide bonds. The Kier molecular flexibility index (Phi) is 2.54. The fourth-order valence-electron chi connectivity index (χ4n) is 1.92. The van der Waals surface area contributed by atoms with Crippen LogP contribution in [0.4, 0.5) is 0 Å². The summed E-state index contributed by atoms with van der Waals surface area (Å²) in [5, 5.41) is 8.48. The van der Waals surface area contributed by atoms with Gasteiger partial charge < -0.3 is 10.3 Å². The first-order chi connectivity index (χ1) is 6.72. The van der Waals surface area contributed by atoms with Crippen molar-refractivity contribution < 1.29 is 0 Å². The molecule has 0 saturated carbocycles. The first-order valence-electron chi connectivity index (χ1n) is 5.40. The molecule has 14 heavy (non-hydrogen) atoms. The van der Waals surface area contributed by atoms with Crippen molar-refractivity contribution in [1.29, 1.82) is 0 Å². The second kappa shape index (κ2) is 3.69. The highest BCUT2D eigenvalue weighted by Gasteiger charge is 2.22. The highest BCUT2D eigenvalue weighted by Crippen LogP contribution is 2.21. The van der Waals surface area contributed by atoms with Gasteiger partial charge in [-0.2, -0.15) is 0 Å². The lowest BCUT2D eigenvalue weighted by Gasteiger charge is -2.22. The average molecular weight is 194 g/mol. The van der Waals surface area contributed by atoms with Crippen LogP contribution in [0.1, 0.15) is 44.3 Å². The van der Waals surface area contributed by atoms with Gasteiger partial charge in [0.25, 0.3) is 0 Å². The first kappa shape index (κ1) is 9.65. The summed E-state index contributed by atoms with van der Waals surface area (Å²) in [5.74, 6) is 2.71. The minimum absolute atomic E-state index is 0.279. The Hall–Kier alpha value is -0.900. The monoisotopic (exact) mass is 194 g/mol. The predicted molar refractivity (Wildman–Crippen MR) is 55.0 cm³/mol. The van der Waals surface area contributed by atoms with Gasteiger partial charge >= 0.3 is 0 Å². The van der Waals surface area contributed by atoms with E-state index in [0.29, 0.717) is 5.92 Å². The van der Waals surface area contributed by atoms with E-state index >= 15 is 0 Å². The third kappa shape index (κ3) is 1.54. The van der Waals surface area contributed by atoms with E-state index in [1.807, 2.05) is 0 Å². The van der Waals surface area contributed by atoms with E-state index in [2.05, 4.69) is 28.6 Å². The fraction of sp³-hybridized carbons (Fsp3) is 0.800. The zero-order chi connectivity index (χ0) is 10.1. The van der Waals surface area contributed by atoms with E-state index in [4.69, 9.17) is 5.73 Å². The molecule has 2 rings (SSSR count). The maximum Gasteiger partial charge on any atom is 0.135 e. The summed E-state index contributed by atoms with van der Waals surface area (Å²) in [5.41, 5.74) is 5.94. The molecule has 0 aromatic carbocycles. The van der Waals surface area contributed by atoms with Crippen molar-refractivity contribution >= 4 is 0 Å². The van der Waals surface area contributed by atoms with E-state index < -0.39 is 0 Å². The van der Waals surface area contributed by atoms with Gasteiger partial charge in [-0.3, -0.25) is 0 Å². The molecule has 78 valence electrons. The lowest BCUT2D eigenvalue weighted by Crippen LogP contribution is -2.33. The molecule has 4 nitrogen and oxygen atoms in total. The van der Waals surface area contributed by atoms with Crippen LogP contribution in [-0.4, -0.2) is 20.8 Å². The van der Waals surface area contributed by atoms with Gasteiger partial charge in [-0.15, -0.1) is 10.2 Å². The summed E-state index contributed by atoms with van der Waals surface area (Å²) in [7, 11) is 0. The third-order valence-corrected chi connectivity index (χ3v) is 3.06. The molecule has 1 aliphatic rings. The van der Waals surface area contributed by atoms with Gasteiger partial charge in [0, 0.05) is 24.9 Å². The van der Waals surface area contributed by atoms with Gasteiger partial charge in [-0.1, -0.05) is 13.8 Å². The van der Waals surface area contributed by atoms with E-state index in [0.717, 1.165) is 37.5 Å². The normalized spacial score (nSPS) is 23.2. The number of aromatic nitrogens is 3. The second-order valence-corrected chi connectivity index (χ2v) is 4.19. The molecule has 0 fully saturated rings. The van der Waals surface area contributed by atoms with E-state index in [1.54, 1.807) is 0 Å². The zero-order valence-corrected chi connectivity index (χ0v) is 8.90.